The maximum atomic E-state index is 15.2. The Labute approximate surface area is 714 Å². The minimum atomic E-state index is -1.67. The molecule has 20 rings (SSSR count). The lowest BCUT2D eigenvalue weighted by molar-refractivity contribution is -0.146. The van der Waals surface area contributed by atoms with Crippen LogP contribution in [-0.4, -0.2) is 75.8 Å². The number of nitrogens with one attached hydrogen (secondary N) is 2. The molecule has 5 aliphatic heterocycles. The molecule has 10 heterocycles. The highest BCUT2D eigenvalue weighted by molar-refractivity contribution is 6.50. The van der Waals surface area contributed by atoms with Crippen LogP contribution < -0.4 is 0 Å². The number of fused-ring (bicyclic) bond motifs is 17. The van der Waals surface area contributed by atoms with Crippen molar-refractivity contribution in [3.05, 3.63) is 199 Å². The Balaban J connectivity index is 0.975. The Morgan fingerprint density at radius 1 is 0.364 bits per heavy atom. The zero-order valence-corrected chi connectivity index (χ0v) is 75.8. The summed E-state index contributed by atoms with van der Waals surface area (Å²) < 4.78 is 7.25. The molecule has 12 nitrogen and oxygen atoms in total. The van der Waals surface area contributed by atoms with Crippen LogP contribution in [0.25, 0.3) is 124 Å². The second kappa shape index (κ2) is 24.8. The van der Waals surface area contributed by atoms with E-state index in [9.17, 15) is 0 Å². The van der Waals surface area contributed by atoms with E-state index in [0.29, 0.717) is 62.7 Å². The number of carbonyl (C=O) groups excluding carboxylic acids is 2. The van der Waals surface area contributed by atoms with Crippen molar-refractivity contribution in [1.29, 1.82) is 0 Å². The number of ether oxygens (including phenoxy) is 1. The molecule has 3 saturated heterocycles. The van der Waals surface area contributed by atoms with Crippen molar-refractivity contribution in [1.82, 2.24) is 44.8 Å². The van der Waals surface area contributed by atoms with Crippen LogP contribution in [0.15, 0.2) is 131 Å². The van der Waals surface area contributed by atoms with Crippen LogP contribution >= 0.6 is 46.4 Å². The SMILES string of the molecule is CN1C(=O)[C@@]23[C@H]4C=C[C@H](C4)[C@]2(C1=O)[C@@H]1O[C@H]3[C@@H]2[C@H]1[C@]1(Cl)C(Cl)=C(Cl)[C@@]2(Cl)c2nc3cc4nc5c(nc4cc3nc21)-c1nc-5c(-c2cc(C(C)(C)C)cc(C(C)(C)C)c2)c2ccc([nH]2)c(-c2cc(C(C)(C)C)cc(C(C)(C)C)c2)c2nc(c(-c3cc(C(C)(C)C)cc(C(C)(C)C)c3)c3ccc([nH]3)c1-c1cc(C(C)(C)C)cc(C(C)(C)C)c1)C=C2. The third-order valence-electron chi connectivity index (χ3n) is 27.9. The molecule has 1 saturated carbocycles. The van der Waals surface area contributed by atoms with Crippen molar-refractivity contribution in [3.8, 4) is 67.3 Å². The molecule has 0 unspecified atom stereocenters. The molecule has 14 bridgehead atoms. The first-order valence-electron chi connectivity index (χ1n) is 42.1. The van der Waals surface area contributed by atoms with E-state index < -0.39 is 44.6 Å². The van der Waals surface area contributed by atoms with Gasteiger partial charge in [0.05, 0.1) is 77.9 Å². The van der Waals surface area contributed by atoms with Crippen LogP contribution in [0.2, 0.25) is 0 Å². The van der Waals surface area contributed by atoms with Gasteiger partial charge in [-0.05, 0) is 177 Å². The summed E-state index contributed by atoms with van der Waals surface area (Å²) in [6.45, 7) is 55.0. The average Bonchev–Trinajstić information content (AvgIpc) is 1.43. The number of hydrogen-bond donors (Lipinski definition) is 2. The predicted molar refractivity (Wildman–Crippen MR) is 485 cm³/mol. The third-order valence-corrected chi connectivity index (χ3v) is 30.4. The van der Waals surface area contributed by atoms with Gasteiger partial charge in [-0.3, -0.25) is 14.5 Å². The van der Waals surface area contributed by atoms with Gasteiger partial charge in [-0.15, -0.1) is 23.2 Å². The Hall–Kier alpha value is -8.62. The van der Waals surface area contributed by atoms with E-state index in [1.54, 1.807) is 7.05 Å². The zero-order chi connectivity index (χ0) is 84.5. The number of nitrogens with zero attached hydrogens (tertiary/aromatic N) is 7. The van der Waals surface area contributed by atoms with Crippen LogP contribution in [0.5, 0.6) is 0 Å². The van der Waals surface area contributed by atoms with E-state index in [1.807, 2.05) is 12.1 Å². The third kappa shape index (κ3) is 11.0. The smallest absolute Gasteiger partial charge is 0.239 e. The van der Waals surface area contributed by atoms with Crippen molar-refractivity contribution >= 4 is 115 Å². The van der Waals surface area contributed by atoms with Crippen LogP contribution in [0, 0.1) is 34.5 Å². The number of halogens is 4. The number of likely N-dealkylation sites (tertiary alicyclic amines) is 1. The number of allylic oxidation sites excluding steroid dienone is 4. The molecular formula is C102H107Cl4N9O3. The molecule has 0 spiro atoms. The first-order valence-corrected chi connectivity index (χ1v) is 43.6. The molecule has 10 aliphatic rings. The van der Waals surface area contributed by atoms with Crippen LogP contribution in [0.3, 0.4) is 0 Å². The fourth-order valence-corrected chi connectivity index (χ4v) is 23.1. The fourth-order valence-electron chi connectivity index (χ4n) is 21.3. The van der Waals surface area contributed by atoms with Gasteiger partial charge in [0.15, 0.2) is 0 Å². The van der Waals surface area contributed by atoms with Gasteiger partial charge < -0.3 is 14.7 Å². The van der Waals surface area contributed by atoms with Crippen LogP contribution in [0.1, 0.15) is 240 Å². The molecule has 606 valence electrons. The van der Waals surface area contributed by atoms with E-state index in [0.717, 1.165) is 100 Å². The lowest BCUT2D eigenvalue weighted by Crippen LogP contribution is -2.69. The average molecular weight is 1650 g/mol. The van der Waals surface area contributed by atoms with Crippen molar-refractivity contribution in [2.45, 2.75) is 238 Å². The van der Waals surface area contributed by atoms with E-state index >= 15 is 9.59 Å². The number of H-pyrrole nitrogens is 2. The number of alkyl halides is 2. The van der Waals surface area contributed by atoms with Crippen molar-refractivity contribution < 1.29 is 14.3 Å². The topological polar surface area (TPSA) is 156 Å². The Bertz CT molecular complexity index is 5990. The Morgan fingerprint density at radius 3 is 0.924 bits per heavy atom. The molecule has 4 fully saturated rings. The number of benzene rings is 5. The maximum absolute atomic E-state index is 15.2. The molecule has 118 heavy (non-hydrogen) atoms. The summed E-state index contributed by atoms with van der Waals surface area (Å²) in [5.41, 5.74) is 22.6. The normalized spacial score (nSPS) is 25.1. The summed E-state index contributed by atoms with van der Waals surface area (Å²) >= 11 is 32.2. The van der Waals surface area contributed by atoms with Gasteiger partial charge in [-0.2, -0.15) is 0 Å². The van der Waals surface area contributed by atoms with Gasteiger partial charge in [-0.1, -0.05) is 274 Å². The number of aromatic amines is 2. The quantitative estimate of drug-likeness (QED) is 0.0758. The molecule has 0 radical (unpaired) electrons. The number of rotatable bonds is 4. The second-order valence-corrected chi connectivity index (χ2v) is 45.7. The van der Waals surface area contributed by atoms with Gasteiger partial charge >= 0.3 is 0 Å². The van der Waals surface area contributed by atoms with Gasteiger partial charge in [0.25, 0.3) is 0 Å². The molecular weight excluding hydrogens is 1540 g/mol. The standard InChI is InChI=1S/C102H107Cl4N9O3/c1-91(2,3)55-34-49(35-56(43-55)92(4,5)6)73-63-28-29-64(107-63)74(50-36-57(93(7,8)9)44-58(37-50)94(10,11)12)66-31-33-68(109-66)76(52-40-61(97(19,20)21)46-62(41-52)98(22,23)24)80-82-81(79(114-80)75(67-32-30-65(73)108-67)51-38-59(95(13,14)15)45-60(39-51)96(16,17)18)110-69-47-71-72(48-70(69)111-82)113-86-85(112-71)101(105)77-78(102(86,106)84(104)83(101)103)88-100-54-27-26-53(42-54)99(100,87(77)118-88)89(116)115(25)90(100)117/h26-41,43-48,53-54,77-78,87-88,108-109H,42H2,1-25H3/t53-,54+,77-,78+,87-,88+,99-,100+,101+,102-. The highest BCUT2D eigenvalue weighted by Crippen LogP contribution is 2.86. The van der Waals surface area contributed by atoms with Crippen molar-refractivity contribution in [2.24, 2.45) is 34.5 Å². The van der Waals surface area contributed by atoms with E-state index in [1.165, 1.54) is 27.2 Å². The van der Waals surface area contributed by atoms with Crippen molar-refractivity contribution in [3.63, 3.8) is 0 Å². The van der Waals surface area contributed by atoms with E-state index in [4.69, 9.17) is 81.0 Å². The van der Waals surface area contributed by atoms with Crippen molar-refractivity contribution in [2.75, 3.05) is 7.05 Å². The molecule has 2 amide bonds. The predicted octanol–water partition coefficient (Wildman–Crippen LogP) is 25.5. The number of hydrogen-bond acceptors (Lipinski definition) is 9. The van der Waals surface area contributed by atoms with E-state index in [2.05, 4.69) is 298 Å². The summed E-state index contributed by atoms with van der Waals surface area (Å²) in [7, 11) is 1.60. The fraction of sp³-hybridized carbons (Fsp3) is 0.431. The largest absolute Gasteiger partial charge is 0.372 e. The van der Waals surface area contributed by atoms with Gasteiger partial charge in [0.2, 0.25) is 11.8 Å². The summed E-state index contributed by atoms with van der Waals surface area (Å²) in [5, 5.41) is 0.214. The highest BCUT2D eigenvalue weighted by atomic mass is 35.5. The van der Waals surface area contributed by atoms with E-state index in [-0.39, 0.29) is 77.0 Å². The van der Waals surface area contributed by atoms with Crippen LogP contribution in [0.4, 0.5) is 0 Å². The maximum Gasteiger partial charge on any atom is 0.239 e. The molecule has 5 aromatic heterocycles. The number of amides is 2. The van der Waals surface area contributed by atoms with Gasteiger partial charge in [0.1, 0.15) is 32.5 Å². The number of aromatic nitrogens is 8. The summed E-state index contributed by atoms with van der Waals surface area (Å²) in [6.07, 6.45) is 7.60. The number of carbonyl (C=O) groups is 2. The zero-order valence-electron chi connectivity index (χ0n) is 72.7. The molecule has 10 aromatic rings. The molecule has 16 heteroatoms. The lowest BCUT2D eigenvalue weighted by atomic mass is 9.43. The summed E-state index contributed by atoms with van der Waals surface area (Å²) in [6, 6.07) is 41.3. The Kier molecular flexibility index (Phi) is 16.7. The lowest BCUT2D eigenvalue weighted by Gasteiger charge is -2.60. The minimum absolute atomic E-state index is 0.107. The monoisotopic (exact) mass is 1650 g/mol. The second-order valence-electron chi connectivity index (χ2n) is 43.8. The molecule has 2 N–H and O–H groups in total. The van der Waals surface area contributed by atoms with Gasteiger partial charge in [-0.25, -0.2) is 29.9 Å². The minimum Gasteiger partial charge on any atom is -0.372 e. The molecule has 5 aromatic carbocycles. The first-order chi connectivity index (χ1) is 54.8. The number of imide groups is 1. The van der Waals surface area contributed by atoms with Crippen LogP contribution in [-0.2, 0) is 67.4 Å². The highest BCUT2D eigenvalue weighted by Gasteiger charge is 2.94. The molecule has 5 aliphatic carbocycles. The Morgan fingerprint density at radius 2 is 0.636 bits per heavy atom. The first kappa shape index (κ1) is 79.2. The molecule has 10 atom stereocenters. The van der Waals surface area contributed by atoms with Gasteiger partial charge in [0, 0.05) is 63.2 Å². The summed E-state index contributed by atoms with van der Waals surface area (Å²) in [5.74, 6) is -2.47. The summed E-state index contributed by atoms with van der Waals surface area (Å²) in [4.78, 5) is 72.2.